The Labute approximate surface area is 156 Å². The van der Waals surface area contributed by atoms with E-state index >= 15 is 0 Å². The van der Waals surface area contributed by atoms with Crippen LogP contribution in [0.2, 0.25) is 0 Å². The fourth-order valence-electron chi connectivity index (χ4n) is 1.52. The minimum atomic E-state index is 0. The van der Waals surface area contributed by atoms with Gasteiger partial charge in [-0.25, -0.2) is 0 Å². The Morgan fingerprint density at radius 1 is 1.19 bits per heavy atom. The summed E-state index contributed by atoms with van der Waals surface area (Å²) in [5.74, 6) is 0. The Morgan fingerprint density at radius 2 is 1.76 bits per heavy atom. The molecule has 4 heteroatoms. The third kappa shape index (κ3) is 10.3. The Kier molecular flexibility index (Phi) is 15.4. The molecule has 0 unspecified atom stereocenters. The SMILES string of the molecule is CC(C)(C)CO.CC1=C(c2[c-]cccc2)CC=C1.[Cl-].[Cl-].[Ti+3]. The van der Waals surface area contributed by atoms with Crippen LogP contribution in [-0.4, -0.2) is 11.7 Å². The van der Waals surface area contributed by atoms with Crippen LogP contribution in [0.4, 0.5) is 0 Å². The summed E-state index contributed by atoms with van der Waals surface area (Å²) in [5.41, 5.74) is 4.12. The van der Waals surface area contributed by atoms with Crippen molar-refractivity contribution in [1.29, 1.82) is 0 Å². The van der Waals surface area contributed by atoms with Crippen LogP contribution in [-0.2, 0) is 21.7 Å². The molecule has 0 bridgehead atoms. The van der Waals surface area contributed by atoms with Crippen molar-refractivity contribution in [1.82, 2.24) is 0 Å². The first-order valence-electron chi connectivity index (χ1n) is 6.38. The summed E-state index contributed by atoms with van der Waals surface area (Å²) in [5, 5.41) is 8.40. The third-order valence-electron chi connectivity index (χ3n) is 2.67. The third-order valence-corrected chi connectivity index (χ3v) is 2.67. The quantitative estimate of drug-likeness (QED) is 0.464. The van der Waals surface area contributed by atoms with Crippen LogP contribution in [0.15, 0.2) is 42.0 Å². The maximum absolute atomic E-state index is 8.40. The average molecular weight is 362 g/mol. The predicted molar refractivity (Wildman–Crippen MR) is 78.2 cm³/mol. The Balaban J connectivity index is -0.000000320. The number of hydrogen-bond donors (Lipinski definition) is 1. The summed E-state index contributed by atoms with van der Waals surface area (Å²) in [4.78, 5) is 0. The minimum absolute atomic E-state index is 0. The van der Waals surface area contributed by atoms with E-state index in [2.05, 4.69) is 37.3 Å². The van der Waals surface area contributed by atoms with Gasteiger partial charge >= 0.3 is 21.7 Å². The summed E-state index contributed by atoms with van der Waals surface area (Å²) in [6.45, 7) is 8.40. The van der Waals surface area contributed by atoms with Crippen LogP contribution in [0, 0.1) is 11.5 Å². The molecule has 1 aliphatic rings. The summed E-state index contributed by atoms with van der Waals surface area (Å²) in [6, 6.07) is 11.4. The monoisotopic (exact) mass is 361 g/mol. The van der Waals surface area contributed by atoms with Crippen molar-refractivity contribution in [2.75, 3.05) is 6.61 Å². The fourth-order valence-corrected chi connectivity index (χ4v) is 1.52. The number of rotatable bonds is 1. The van der Waals surface area contributed by atoms with Crippen molar-refractivity contribution >= 4 is 5.57 Å². The van der Waals surface area contributed by atoms with Gasteiger partial charge in [-0.15, -0.1) is 41.5 Å². The van der Waals surface area contributed by atoms with E-state index in [0.717, 1.165) is 6.42 Å². The van der Waals surface area contributed by atoms with E-state index in [9.17, 15) is 0 Å². The maximum Gasteiger partial charge on any atom is 3.00 e. The number of halogens is 2. The van der Waals surface area contributed by atoms with Crippen LogP contribution in [0.5, 0.6) is 0 Å². The van der Waals surface area contributed by atoms with Crippen LogP contribution in [0.3, 0.4) is 0 Å². The first-order chi connectivity index (χ1) is 8.44. The van der Waals surface area contributed by atoms with Gasteiger partial charge in [0.15, 0.2) is 0 Å². The molecular weight excluding hydrogens is 339 g/mol. The fraction of sp³-hybridized carbons (Fsp3) is 0.412. The molecule has 0 aromatic heterocycles. The van der Waals surface area contributed by atoms with E-state index in [-0.39, 0.29) is 58.6 Å². The summed E-state index contributed by atoms with van der Waals surface area (Å²) >= 11 is 0. The molecule has 0 aliphatic heterocycles. The molecule has 1 radical (unpaired) electrons. The molecule has 1 aromatic rings. The van der Waals surface area contributed by atoms with Gasteiger partial charge < -0.3 is 29.9 Å². The zero-order valence-electron chi connectivity index (χ0n) is 13.1. The normalized spacial score (nSPS) is 12.4. The van der Waals surface area contributed by atoms with E-state index < -0.39 is 0 Å². The van der Waals surface area contributed by atoms with Crippen molar-refractivity contribution in [3.63, 3.8) is 0 Å². The summed E-state index contributed by atoms with van der Waals surface area (Å²) < 4.78 is 0. The zero-order chi connectivity index (χ0) is 13.6. The molecule has 115 valence electrons. The zero-order valence-corrected chi connectivity index (χ0v) is 16.2. The van der Waals surface area contributed by atoms with E-state index in [1.54, 1.807) is 0 Å². The molecule has 0 saturated heterocycles. The maximum atomic E-state index is 8.40. The molecule has 2 rings (SSSR count). The largest absolute Gasteiger partial charge is 3.00 e. The molecule has 0 amide bonds. The number of aliphatic hydroxyl groups is 1. The summed E-state index contributed by atoms with van der Waals surface area (Å²) in [6.07, 6.45) is 5.44. The van der Waals surface area contributed by atoms with Gasteiger partial charge in [-0.05, 0) is 18.8 Å². The second-order valence-corrected chi connectivity index (χ2v) is 5.76. The van der Waals surface area contributed by atoms with Gasteiger partial charge in [-0.2, -0.15) is 0 Å². The van der Waals surface area contributed by atoms with Crippen molar-refractivity contribution < 1.29 is 51.6 Å². The van der Waals surface area contributed by atoms with Crippen molar-refractivity contribution in [3.05, 3.63) is 53.6 Å². The first-order valence-corrected chi connectivity index (χ1v) is 6.38. The van der Waals surface area contributed by atoms with Gasteiger partial charge in [0, 0.05) is 6.61 Å². The van der Waals surface area contributed by atoms with Gasteiger partial charge in [0.1, 0.15) is 0 Å². The second kappa shape index (κ2) is 12.5. The Morgan fingerprint density at radius 3 is 2.10 bits per heavy atom. The molecule has 1 aliphatic carbocycles. The van der Waals surface area contributed by atoms with E-state index in [0.29, 0.717) is 0 Å². The first kappa shape index (κ1) is 25.9. The average Bonchev–Trinajstić information content (AvgIpc) is 2.76. The molecule has 1 aromatic carbocycles. The van der Waals surface area contributed by atoms with Crippen LogP contribution in [0.1, 0.15) is 39.7 Å². The standard InChI is InChI=1S/C12H11.C5H12O.2ClH.Ti/c1-10-6-5-9-12(10)11-7-3-2-4-8-11;1-5(2,3)4-6;;;/h2-7H,9H2,1H3;6H,4H2,1-3H3;2*1H;/q-1;;;;+3/p-2. The number of hydrogen-bond acceptors (Lipinski definition) is 1. The second-order valence-electron chi connectivity index (χ2n) is 5.76. The number of allylic oxidation sites excluding steroid dienone is 4. The Hall–Kier alpha value is -0.0457. The van der Waals surface area contributed by atoms with Gasteiger partial charge in [0.2, 0.25) is 0 Å². The van der Waals surface area contributed by atoms with E-state index in [1.165, 1.54) is 16.7 Å². The summed E-state index contributed by atoms with van der Waals surface area (Å²) in [7, 11) is 0. The van der Waals surface area contributed by atoms with Gasteiger partial charge in [-0.1, -0.05) is 38.5 Å². The number of benzene rings is 1. The number of aliphatic hydroxyl groups excluding tert-OH is 1. The molecule has 0 fully saturated rings. The molecule has 21 heavy (non-hydrogen) atoms. The van der Waals surface area contributed by atoms with Gasteiger partial charge in [0.25, 0.3) is 0 Å². The molecule has 0 atom stereocenters. The van der Waals surface area contributed by atoms with Gasteiger partial charge in [-0.3, -0.25) is 0 Å². The topological polar surface area (TPSA) is 20.2 Å². The van der Waals surface area contributed by atoms with Crippen molar-refractivity contribution in [3.8, 4) is 0 Å². The van der Waals surface area contributed by atoms with E-state index in [1.807, 2.05) is 32.9 Å². The predicted octanol–water partition coefficient (Wildman–Crippen LogP) is -1.75. The van der Waals surface area contributed by atoms with Gasteiger partial charge in [0.05, 0.1) is 0 Å². The Bertz CT molecular complexity index is 434. The molecular formula is C17H23Cl2OTi. The van der Waals surface area contributed by atoms with Crippen LogP contribution < -0.4 is 24.8 Å². The smallest absolute Gasteiger partial charge is 1.00 e. The van der Waals surface area contributed by atoms with Crippen LogP contribution >= 0.6 is 0 Å². The van der Waals surface area contributed by atoms with E-state index in [4.69, 9.17) is 5.11 Å². The van der Waals surface area contributed by atoms with Crippen molar-refractivity contribution in [2.45, 2.75) is 34.1 Å². The molecule has 0 saturated carbocycles. The van der Waals surface area contributed by atoms with Crippen LogP contribution in [0.25, 0.3) is 5.57 Å². The molecule has 1 N–H and O–H groups in total. The molecule has 0 heterocycles. The molecule has 1 nitrogen and oxygen atoms in total. The minimum Gasteiger partial charge on any atom is -1.00 e. The molecule has 0 spiro atoms. The van der Waals surface area contributed by atoms with Crippen molar-refractivity contribution in [2.24, 2.45) is 5.41 Å².